The molecular formula is C12H16N2O3. The Hall–Kier alpha value is -1.39. The van der Waals surface area contributed by atoms with Crippen LogP contribution in [0.5, 0.6) is 0 Å². The molecule has 3 atom stereocenters. The fourth-order valence-corrected chi connectivity index (χ4v) is 3.60. The number of rotatable bonds is 2. The molecule has 3 aliphatic rings. The van der Waals surface area contributed by atoms with Crippen molar-refractivity contribution in [1.82, 2.24) is 10.2 Å². The molecule has 2 bridgehead atoms. The molecular weight excluding hydrogens is 220 g/mol. The number of barbiturate groups is 1. The fraction of sp³-hybridized carbons (Fsp3) is 0.750. The zero-order chi connectivity index (χ0) is 12.0. The molecule has 0 spiro atoms. The molecule has 92 valence electrons. The summed E-state index contributed by atoms with van der Waals surface area (Å²) in [5, 5.41) is 2.21. The van der Waals surface area contributed by atoms with Crippen molar-refractivity contribution in [3.8, 4) is 0 Å². The van der Waals surface area contributed by atoms with Crippen molar-refractivity contribution in [2.24, 2.45) is 17.8 Å². The van der Waals surface area contributed by atoms with E-state index in [9.17, 15) is 14.4 Å². The standard InChI is InChI=1S/C12H16N2O3/c15-10-5-11(16)14(12(17)13-10)6-9-4-7-1-2-8(9)3-7/h7-9H,1-6H2,(H,13,15,17). The summed E-state index contributed by atoms with van der Waals surface area (Å²) in [6, 6.07) is -0.533. The van der Waals surface area contributed by atoms with Gasteiger partial charge in [0.1, 0.15) is 6.42 Å². The summed E-state index contributed by atoms with van der Waals surface area (Å²) in [7, 11) is 0. The van der Waals surface area contributed by atoms with Crippen molar-refractivity contribution in [2.45, 2.75) is 32.1 Å². The molecule has 0 aromatic carbocycles. The Labute approximate surface area is 99.5 Å². The summed E-state index contributed by atoms with van der Waals surface area (Å²) in [5.74, 6) is 1.11. The van der Waals surface area contributed by atoms with E-state index >= 15 is 0 Å². The molecule has 1 N–H and O–H groups in total. The SMILES string of the molecule is O=C1CC(=O)N(CC2CC3CCC2C3)C(=O)N1. The molecule has 3 unspecified atom stereocenters. The quantitative estimate of drug-likeness (QED) is 0.724. The molecule has 1 heterocycles. The van der Waals surface area contributed by atoms with Crippen LogP contribution in [0.25, 0.3) is 0 Å². The molecule has 3 fully saturated rings. The van der Waals surface area contributed by atoms with Crippen molar-refractivity contribution in [3.05, 3.63) is 0 Å². The summed E-state index contributed by atoms with van der Waals surface area (Å²) in [6.07, 6.45) is 4.74. The van der Waals surface area contributed by atoms with Crippen molar-refractivity contribution in [3.63, 3.8) is 0 Å². The lowest BCUT2D eigenvalue weighted by Gasteiger charge is -2.30. The van der Waals surface area contributed by atoms with E-state index in [0.717, 1.165) is 12.3 Å². The van der Waals surface area contributed by atoms with E-state index in [1.807, 2.05) is 0 Å². The van der Waals surface area contributed by atoms with Gasteiger partial charge in [0.05, 0.1) is 0 Å². The van der Waals surface area contributed by atoms with Gasteiger partial charge in [-0.25, -0.2) is 4.79 Å². The van der Waals surface area contributed by atoms with Gasteiger partial charge in [-0.05, 0) is 37.0 Å². The highest BCUT2D eigenvalue weighted by Gasteiger charge is 2.42. The topological polar surface area (TPSA) is 66.5 Å². The molecule has 1 aliphatic heterocycles. The van der Waals surface area contributed by atoms with E-state index in [1.54, 1.807) is 0 Å². The summed E-state index contributed by atoms with van der Waals surface area (Å²) in [4.78, 5) is 35.5. The maximum Gasteiger partial charge on any atom is 0.330 e. The third-order valence-electron chi connectivity index (χ3n) is 4.41. The van der Waals surface area contributed by atoms with E-state index < -0.39 is 11.9 Å². The van der Waals surface area contributed by atoms with Gasteiger partial charge in [-0.3, -0.25) is 19.8 Å². The number of imide groups is 2. The van der Waals surface area contributed by atoms with E-state index in [4.69, 9.17) is 0 Å². The lowest BCUT2D eigenvalue weighted by Crippen LogP contribution is -2.54. The molecule has 2 aliphatic carbocycles. The maximum absolute atomic E-state index is 11.7. The lowest BCUT2D eigenvalue weighted by atomic mass is 9.88. The number of hydrogen-bond donors (Lipinski definition) is 1. The smallest absolute Gasteiger partial charge is 0.277 e. The van der Waals surface area contributed by atoms with Crippen molar-refractivity contribution >= 4 is 17.8 Å². The molecule has 0 aromatic rings. The summed E-state index contributed by atoms with van der Waals surface area (Å²) >= 11 is 0. The van der Waals surface area contributed by atoms with Crippen molar-refractivity contribution in [2.75, 3.05) is 6.54 Å². The second-order valence-electron chi connectivity index (χ2n) is 5.47. The number of nitrogens with one attached hydrogen (secondary N) is 1. The molecule has 5 heteroatoms. The molecule has 0 radical (unpaired) electrons. The van der Waals surface area contributed by atoms with Crippen LogP contribution >= 0.6 is 0 Å². The second-order valence-corrected chi connectivity index (χ2v) is 5.47. The molecule has 4 amide bonds. The molecule has 0 aromatic heterocycles. The highest BCUT2D eigenvalue weighted by molar-refractivity contribution is 6.14. The lowest BCUT2D eigenvalue weighted by molar-refractivity contribution is -0.136. The minimum atomic E-state index is -0.533. The van der Waals surface area contributed by atoms with Gasteiger partial charge in [-0.2, -0.15) is 0 Å². The predicted octanol–water partition coefficient (Wildman–Crippen LogP) is 0.891. The molecule has 5 nitrogen and oxygen atoms in total. The van der Waals surface area contributed by atoms with Gasteiger partial charge >= 0.3 is 6.03 Å². The van der Waals surface area contributed by atoms with Crippen LogP contribution in [-0.4, -0.2) is 29.3 Å². The molecule has 2 saturated carbocycles. The van der Waals surface area contributed by atoms with E-state index in [1.165, 1.54) is 24.2 Å². The third-order valence-corrected chi connectivity index (χ3v) is 4.41. The van der Waals surface area contributed by atoms with Gasteiger partial charge in [-0.15, -0.1) is 0 Å². The molecule has 3 rings (SSSR count). The highest BCUT2D eigenvalue weighted by Crippen LogP contribution is 2.48. The predicted molar refractivity (Wildman–Crippen MR) is 58.8 cm³/mol. The van der Waals surface area contributed by atoms with Crippen molar-refractivity contribution < 1.29 is 14.4 Å². The molecule has 1 saturated heterocycles. The average molecular weight is 236 g/mol. The second kappa shape index (κ2) is 3.82. The van der Waals surface area contributed by atoms with Gasteiger partial charge in [0.25, 0.3) is 0 Å². The van der Waals surface area contributed by atoms with Crippen LogP contribution in [0.2, 0.25) is 0 Å². The van der Waals surface area contributed by atoms with Gasteiger partial charge in [0.15, 0.2) is 0 Å². The monoisotopic (exact) mass is 236 g/mol. The zero-order valence-corrected chi connectivity index (χ0v) is 9.65. The highest BCUT2D eigenvalue weighted by atomic mass is 16.2. The maximum atomic E-state index is 11.7. The first-order valence-electron chi connectivity index (χ1n) is 6.27. The number of fused-ring (bicyclic) bond motifs is 2. The van der Waals surface area contributed by atoms with Crippen LogP contribution in [0, 0.1) is 17.8 Å². The van der Waals surface area contributed by atoms with Gasteiger partial charge in [-0.1, -0.05) is 6.42 Å². The zero-order valence-electron chi connectivity index (χ0n) is 9.65. The first-order chi connectivity index (χ1) is 8.13. The third kappa shape index (κ3) is 1.83. The Kier molecular flexibility index (Phi) is 2.42. The number of nitrogens with zero attached hydrogens (tertiary/aromatic N) is 1. The average Bonchev–Trinajstić information content (AvgIpc) is 2.84. The number of carbonyl (C=O) groups excluding carboxylic acids is 3. The summed E-state index contributed by atoms with van der Waals surface area (Å²) in [5.41, 5.74) is 0. The number of carbonyl (C=O) groups is 3. The van der Waals surface area contributed by atoms with Crippen LogP contribution in [0.3, 0.4) is 0 Å². The minimum Gasteiger partial charge on any atom is -0.277 e. The summed E-state index contributed by atoms with van der Waals surface area (Å²) in [6.45, 7) is 0.499. The first-order valence-corrected chi connectivity index (χ1v) is 6.27. The van der Waals surface area contributed by atoms with Crippen LogP contribution in [0.15, 0.2) is 0 Å². The Morgan fingerprint density at radius 1 is 1.18 bits per heavy atom. The largest absolute Gasteiger partial charge is 0.330 e. The number of urea groups is 1. The van der Waals surface area contributed by atoms with Crippen LogP contribution in [0.1, 0.15) is 32.1 Å². The number of hydrogen-bond acceptors (Lipinski definition) is 3. The van der Waals surface area contributed by atoms with E-state index in [-0.39, 0.29) is 12.3 Å². The van der Waals surface area contributed by atoms with Crippen molar-refractivity contribution in [1.29, 1.82) is 0 Å². The van der Waals surface area contributed by atoms with Crippen LogP contribution in [-0.2, 0) is 9.59 Å². The Morgan fingerprint density at radius 3 is 2.59 bits per heavy atom. The fourth-order valence-electron chi connectivity index (χ4n) is 3.60. The Morgan fingerprint density at radius 2 is 2.00 bits per heavy atom. The Balaban J connectivity index is 1.66. The first kappa shape index (κ1) is 10.7. The Bertz CT molecular complexity index is 373. The van der Waals surface area contributed by atoms with Gasteiger partial charge in [0, 0.05) is 6.54 Å². The van der Waals surface area contributed by atoms with Gasteiger partial charge in [0.2, 0.25) is 11.8 Å². The minimum absolute atomic E-state index is 0.188. The van der Waals surface area contributed by atoms with E-state index in [0.29, 0.717) is 18.4 Å². The summed E-state index contributed by atoms with van der Waals surface area (Å²) < 4.78 is 0. The van der Waals surface area contributed by atoms with Gasteiger partial charge < -0.3 is 0 Å². The van der Waals surface area contributed by atoms with E-state index in [2.05, 4.69) is 5.32 Å². The normalized spacial score (nSPS) is 36.6. The molecule has 17 heavy (non-hydrogen) atoms. The number of amides is 4. The van der Waals surface area contributed by atoms with Crippen LogP contribution < -0.4 is 5.32 Å². The van der Waals surface area contributed by atoms with Crippen LogP contribution in [0.4, 0.5) is 4.79 Å².